The standard InChI is InChI=1S/C24H35ClN6/c1-19-7-13-30(17-23(19)31-14-10-27-18-31)24(26-2)28-15-20-8-11-29(12-9-20)16-21-5-3-4-6-22(21)25/h3-6,10,14,18-20,23H,7-9,11-13,15-17H2,1-2H3,(H,26,28). The molecule has 3 heterocycles. The van der Waals surface area contributed by atoms with Gasteiger partial charge in [-0.25, -0.2) is 4.98 Å². The van der Waals surface area contributed by atoms with E-state index in [4.69, 9.17) is 11.6 Å². The van der Waals surface area contributed by atoms with Crippen molar-refractivity contribution in [1.82, 2.24) is 24.7 Å². The lowest BCUT2D eigenvalue weighted by atomic mass is 9.93. The molecule has 31 heavy (non-hydrogen) atoms. The maximum Gasteiger partial charge on any atom is 0.193 e. The van der Waals surface area contributed by atoms with Gasteiger partial charge in [-0.3, -0.25) is 9.89 Å². The van der Waals surface area contributed by atoms with E-state index in [1.54, 1.807) is 0 Å². The van der Waals surface area contributed by atoms with Gasteiger partial charge in [0.25, 0.3) is 0 Å². The normalized spacial score (nSPS) is 23.8. The number of hydrogen-bond donors (Lipinski definition) is 1. The molecule has 0 saturated carbocycles. The molecule has 2 aliphatic heterocycles. The third kappa shape index (κ3) is 5.60. The number of piperidine rings is 2. The van der Waals surface area contributed by atoms with Crippen LogP contribution >= 0.6 is 11.6 Å². The van der Waals surface area contributed by atoms with Crippen molar-refractivity contribution < 1.29 is 0 Å². The summed E-state index contributed by atoms with van der Waals surface area (Å²) in [5.74, 6) is 2.37. The molecule has 1 aromatic heterocycles. The number of imidazole rings is 1. The number of likely N-dealkylation sites (tertiary alicyclic amines) is 2. The van der Waals surface area contributed by atoms with Crippen LogP contribution in [-0.2, 0) is 6.54 Å². The van der Waals surface area contributed by atoms with Gasteiger partial charge < -0.3 is 14.8 Å². The van der Waals surface area contributed by atoms with E-state index in [0.717, 1.165) is 50.3 Å². The smallest absolute Gasteiger partial charge is 0.193 e. The first kappa shape index (κ1) is 22.2. The lowest BCUT2D eigenvalue weighted by Gasteiger charge is -2.40. The summed E-state index contributed by atoms with van der Waals surface area (Å²) in [6.07, 6.45) is 9.49. The number of rotatable bonds is 5. The van der Waals surface area contributed by atoms with Crippen molar-refractivity contribution in [1.29, 1.82) is 0 Å². The van der Waals surface area contributed by atoms with Crippen LogP contribution in [0.1, 0.15) is 37.8 Å². The molecule has 2 aromatic rings. The zero-order chi connectivity index (χ0) is 21.6. The molecule has 2 aliphatic rings. The molecule has 1 aromatic carbocycles. The second kappa shape index (κ2) is 10.5. The summed E-state index contributed by atoms with van der Waals surface area (Å²) in [5, 5.41) is 4.55. The Kier molecular flexibility index (Phi) is 7.51. The number of aromatic nitrogens is 2. The van der Waals surface area contributed by atoms with Gasteiger partial charge in [-0.15, -0.1) is 0 Å². The molecule has 4 rings (SSSR count). The fraction of sp³-hybridized carbons (Fsp3) is 0.583. The van der Waals surface area contributed by atoms with Crippen LogP contribution in [0.15, 0.2) is 48.0 Å². The molecule has 2 saturated heterocycles. The highest BCUT2D eigenvalue weighted by molar-refractivity contribution is 6.31. The molecule has 2 fully saturated rings. The molecule has 0 amide bonds. The molecule has 1 N–H and O–H groups in total. The summed E-state index contributed by atoms with van der Waals surface area (Å²) >= 11 is 6.34. The van der Waals surface area contributed by atoms with Crippen molar-refractivity contribution in [2.24, 2.45) is 16.8 Å². The summed E-state index contributed by atoms with van der Waals surface area (Å²) in [7, 11) is 1.90. The fourth-order valence-electron chi connectivity index (χ4n) is 4.88. The molecular formula is C24H35ClN6. The number of aliphatic imine (C=N–C) groups is 1. The third-order valence-electron chi connectivity index (χ3n) is 6.95. The zero-order valence-corrected chi connectivity index (χ0v) is 19.5. The highest BCUT2D eigenvalue weighted by atomic mass is 35.5. The van der Waals surface area contributed by atoms with E-state index in [9.17, 15) is 0 Å². The Morgan fingerprint density at radius 3 is 2.71 bits per heavy atom. The van der Waals surface area contributed by atoms with Crippen molar-refractivity contribution in [2.75, 3.05) is 39.8 Å². The Bertz CT molecular complexity index is 844. The monoisotopic (exact) mass is 442 g/mol. The summed E-state index contributed by atoms with van der Waals surface area (Å²) < 4.78 is 2.25. The van der Waals surface area contributed by atoms with E-state index < -0.39 is 0 Å². The molecule has 6 nitrogen and oxygen atoms in total. The molecule has 0 aliphatic carbocycles. The number of nitrogens with one attached hydrogen (secondary N) is 1. The number of nitrogens with zero attached hydrogens (tertiary/aromatic N) is 5. The predicted octanol–water partition coefficient (Wildman–Crippen LogP) is 3.91. The van der Waals surface area contributed by atoms with Crippen LogP contribution in [0.5, 0.6) is 0 Å². The first-order valence-electron chi connectivity index (χ1n) is 11.5. The second-order valence-corrected chi connectivity index (χ2v) is 9.44. The van der Waals surface area contributed by atoms with Crippen LogP contribution in [0, 0.1) is 11.8 Å². The van der Waals surface area contributed by atoms with Crippen LogP contribution < -0.4 is 5.32 Å². The van der Waals surface area contributed by atoms with Crippen LogP contribution in [-0.4, -0.2) is 65.1 Å². The van der Waals surface area contributed by atoms with Gasteiger partial charge in [-0.05, 0) is 55.8 Å². The van der Waals surface area contributed by atoms with Crippen LogP contribution in [0.25, 0.3) is 0 Å². The molecular weight excluding hydrogens is 408 g/mol. The van der Waals surface area contributed by atoms with E-state index in [2.05, 4.69) is 54.9 Å². The largest absolute Gasteiger partial charge is 0.356 e. The Morgan fingerprint density at radius 2 is 2.00 bits per heavy atom. The third-order valence-corrected chi connectivity index (χ3v) is 7.31. The number of guanidine groups is 1. The highest BCUT2D eigenvalue weighted by Gasteiger charge is 2.29. The van der Waals surface area contributed by atoms with Crippen molar-refractivity contribution in [3.05, 3.63) is 53.6 Å². The van der Waals surface area contributed by atoms with Crippen LogP contribution in [0.3, 0.4) is 0 Å². The summed E-state index contributed by atoms with van der Waals surface area (Å²) in [6, 6.07) is 8.64. The van der Waals surface area contributed by atoms with Crippen molar-refractivity contribution in [3.63, 3.8) is 0 Å². The minimum atomic E-state index is 0.447. The highest BCUT2D eigenvalue weighted by Crippen LogP contribution is 2.27. The van der Waals surface area contributed by atoms with Gasteiger partial charge in [0.05, 0.1) is 12.4 Å². The minimum absolute atomic E-state index is 0.447. The van der Waals surface area contributed by atoms with E-state index in [0.29, 0.717) is 17.9 Å². The minimum Gasteiger partial charge on any atom is -0.356 e. The number of halogens is 1. The summed E-state index contributed by atoms with van der Waals surface area (Å²) in [6.45, 7) is 8.57. The number of benzene rings is 1. The first-order valence-corrected chi connectivity index (χ1v) is 11.9. The van der Waals surface area contributed by atoms with Gasteiger partial charge in [0.15, 0.2) is 5.96 Å². The number of hydrogen-bond acceptors (Lipinski definition) is 3. The zero-order valence-electron chi connectivity index (χ0n) is 18.8. The molecule has 7 heteroatoms. The molecule has 2 atom stereocenters. The topological polar surface area (TPSA) is 48.7 Å². The molecule has 0 bridgehead atoms. The quantitative estimate of drug-likeness (QED) is 0.563. The average molecular weight is 443 g/mol. The van der Waals surface area contributed by atoms with E-state index in [-0.39, 0.29) is 0 Å². The van der Waals surface area contributed by atoms with Gasteiger partial charge in [0, 0.05) is 50.6 Å². The van der Waals surface area contributed by atoms with Gasteiger partial charge in [0.2, 0.25) is 0 Å². The molecule has 0 radical (unpaired) electrons. The molecule has 0 spiro atoms. The lowest BCUT2D eigenvalue weighted by Crippen LogP contribution is -2.50. The van der Waals surface area contributed by atoms with E-state index >= 15 is 0 Å². The maximum atomic E-state index is 6.34. The van der Waals surface area contributed by atoms with Gasteiger partial charge in [-0.2, -0.15) is 0 Å². The van der Waals surface area contributed by atoms with E-state index in [1.165, 1.54) is 24.8 Å². The van der Waals surface area contributed by atoms with Gasteiger partial charge in [0.1, 0.15) is 0 Å². The fourth-order valence-corrected chi connectivity index (χ4v) is 5.07. The van der Waals surface area contributed by atoms with Crippen molar-refractivity contribution in [2.45, 2.75) is 38.8 Å². The van der Waals surface area contributed by atoms with E-state index in [1.807, 2.05) is 31.7 Å². The van der Waals surface area contributed by atoms with Gasteiger partial charge >= 0.3 is 0 Å². The Labute approximate surface area is 191 Å². The summed E-state index contributed by atoms with van der Waals surface area (Å²) in [5.41, 5.74) is 1.23. The van der Waals surface area contributed by atoms with Gasteiger partial charge in [-0.1, -0.05) is 36.7 Å². The lowest BCUT2D eigenvalue weighted by molar-refractivity contribution is 0.173. The van der Waals surface area contributed by atoms with Crippen molar-refractivity contribution >= 4 is 17.6 Å². The van der Waals surface area contributed by atoms with Crippen LogP contribution in [0.2, 0.25) is 5.02 Å². The Balaban J connectivity index is 1.25. The Hall–Kier alpha value is -2.05. The SMILES string of the molecule is CN=C(NCC1CCN(Cc2ccccc2Cl)CC1)N1CCC(C)C(n2ccnc2)C1. The first-order chi connectivity index (χ1) is 15.1. The maximum absolute atomic E-state index is 6.34. The second-order valence-electron chi connectivity index (χ2n) is 9.03. The molecule has 168 valence electrons. The van der Waals surface area contributed by atoms with Crippen molar-refractivity contribution in [3.8, 4) is 0 Å². The predicted molar refractivity (Wildman–Crippen MR) is 127 cm³/mol. The van der Waals surface area contributed by atoms with Crippen LogP contribution in [0.4, 0.5) is 0 Å². The molecule has 2 unspecified atom stereocenters. The Morgan fingerprint density at radius 1 is 1.19 bits per heavy atom. The average Bonchev–Trinajstić information content (AvgIpc) is 3.32. The summed E-state index contributed by atoms with van der Waals surface area (Å²) in [4.78, 5) is 13.8.